The van der Waals surface area contributed by atoms with E-state index in [0.29, 0.717) is 13.2 Å². The van der Waals surface area contributed by atoms with Crippen LogP contribution in [0, 0.1) is 0 Å². The van der Waals surface area contributed by atoms with Crippen molar-refractivity contribution >= 4 is 16.8 Å². The number of aliphatic hydroxyl groups is 1. The van der Waals surface area contributed by atoms with E-state index in [2.05, 4.69) is 5.32 Å². The Morgan fingerprint density at radius 2 is 2.26 bits per heavy atom. The zero-order valence-corrected chi connectivity index (χ0v) is 10.9. The molecule has 0 unspecified atom stereocenters. The summed E-state index contributed by atoms with van der Waals surface area (Å²) in [5.41, 5.74) is 1.74. The lowest BCUT2D eigenvalue weighted by atomic mass is 10.1. The molecule has 1 amide bonds. The zero-order valence-electron chi connectivity index (χ0n) is 10.9. The van der Waals surface area contributed by atoms with Crippen molar-refractivity contribution in [2.75, 3.05) is 20.3 Å². The molecule has 102 valence electrons. The molecule has 0 radical (unpaired) electrons. The highest BCUT2D eigenvalue weighted by atomic mass is 16.5. The van der Waals surface area contributed by atoms with Crippen molar-refractivity contribution in [2.24, 2.45) is 0 Å². The topological polar surface area (TPSA) is 63.5 Å². The van der Waals surface area contributed by atoms with Crippen LogP contribution in [0.5, 0.6) is 0 Å². The van der Waals surface area contributed by atoms with Gasteiger partial charge in [0.1, 0.15) is 6.54 Å². The number of ether oxygens (including phenoxy) is 1. The molecule has 0 aliphatic carbocycles. The van der Waals surface area contributed by atoms with E-state index >= 15 is 0 Å². The fourth-order valence-corrected chi connectivity index (χ4v) is 2.10. The van der Waals surface area contributed by atoms with Gasteiger partial charge in [-0.25, -0.2) is 0 Å². The SMILES string of the molecule is COCCNC(=O)Cn1ccc2cccc(CO)c21. The van der Waals surface area contributed by atoms with Crippen LogP contribution in [0.1, 0.15) is 5.56 Å². The molecule has 0 fully saturated rings. The highest BCUT2D eigenvalue weighted by Gasteiger charge is 2.08. The number of nitrogens with zero attached hydrogens (tertiary/aromatic N) is 1. The highest BCUT2D eigenvalue weighted by Crippen LogP contribution is 2.20. The largest absolute Gasteiger partial charge is 0.392 e. The third-order valence-corrected chi connectivity index (χ3v) is 2.98. The standard InChI is InChI=1S/C14H18N2O3/c1-19-8-6-15-13(18)9-16-7-5-11-3-2-4-12(10-17)14(11)16/h2-5,7,17H,6,8-10H2,1H3,(H,15,18). The molecule has 0 aliphatic heterocycles. The molecule has 0 spiro atoms. The van der Waals surface area contributed by atoms with Crippen LogP contribution >= 0.6 is 0 Å². The number of hydrogen-bond donors (Lipinski definition) is 2. The summed E-state index contributed by atoms with van der Waals surface area (Å²) in [7, 11) is 1.60. The normalized spacial score (nSPS) is 10.8. The molecular weight excluding hydrogens is 244 g/mol. The van der Waals surface area contributed by atoms with Crippen LogP contribution in [0.3, 0.4) is 0 Å². The third-order valence-electron chi connectivity index (χ3n) is 2.98. The van der Waals surface area contributed by atoms with Crippen molar-refractivity contribution in [3.05, 3.63) is 36.0 Å². The number of methoxy groups -OCH3 is 1. The molecule has 2 rings (SSSR count). The second-order valence-corrected chi connectivity index (χ2v) is 4.30. The van der Waals surface area contributed by atoms with E-state index < -0.39 is 0 Å². The van der Waals surface area contributed by atoms with Gasteiger partial charge in [0.05, 0.1) is 18.7 Å². The Morgan fingerprint density at radius 3 is 3.00 bits per heavy atom. The molecule has 1 aromatic carbocycles. The molecule has 0 saturated heterocycles. The van der Waals surface area contributed by atoms with Gasteiger partial charge in [0.2, 0.25) is 5.91 Å². The number of nitrogens with one attached hydrogen (secondary N) is 1. The summed E-state index contributed by atoms with van der Waals surface area (Å²) < 4.78 is 6.73. The zero-order chi connectivity index (χ0) is 13.7. The minimum atomic E-state index is -0.0673. The monoisotopic (exact) mass is 262 g/mol. The Kier molecular flexibility index (Phi) is 4.54. The number of carbonyl (C=O) groups is 1. The lowest BCUT2D eigenvalue weighted by Crippen LogP contribution is -2.30. The number of para-hydroxylation sites is 1. The van der Waals surface area contributed by atoms with Crippen molar-refractivity contribution in [1.29, 1.82) is 0 Å². The van der Waals surface area contributed by atoms with E-state index in [0.717, 1.165) is 16.5 Å². The van der Waals surface area contributed by atoms with Crippen molar-refractivity contribution in [2.45, 2.75) is 13.2 Å². The van der Waals surface area contributed by atoms with Crippen molar-refractivity contribution in [3.63, 3.8) is 0 Å². The maximum absolute atomic E-state index is 11.8. The molecule has 19 heavy (non-hydrogen) atoms. The molecule has 1 heterocycles. The summed E-state index contributed by atoms with van der Waals surface area (Å²) in [6.45, 7) is 1.21. The van der Waals surface area contributed by atoms with Gasteiger partial charge in [0.25, 0.3) is 0 Å². The van der Waals surface area contributed by atoms with E-state index in [1.807, 2.05) is 35.0 Å². The van der Waals surface area contributed by atoms with Crippen LogP contribution in [0.2, 0.25) is 0 Å². The fraction of sp³-hybridized carbons (Fsp3) is 0.357. The predicted molar refractivity (Wildman–Crippen MR) is 72.7 cm³/mol. The molecule has 0 bridgehead atoms. The van der Waals surface area contributed by atoms with Crippen LogP contribution < -0.4 is 5.32 Å². The number of hydrogen-bond acceptors (Lipinski definition) is 3. The van der Waals surface area contributed by atoms with Gasteiger partial charge < -0.3 is 19.7 Å². The van der Waals surface area contributed by atoms with Crippen molar-refractivity contribution in [3.8, 4) is 0 Å². The molecular formula is C14H18N2O3. The van der Waals surface area contributed by atoms with E-state index in [9.17, 15) is 9.90 Å². The first-order chi connectivity index (χ1) is 9.26. The molecule has 0 saturated carbocycles. The summed E-state index contributed by atoms with van der Waals surface area (Å²) in [4.78, 5) is 11.8. The lowest BCUT2D eigenvalue weighted by molar-refractivity contribution is -0.121. The first-order valence-electron chi connectivity index (χ1n) is 6.19. The van der Waals surface area contributed by atoms with E-state index in [1.165, 1.54) is 0 Å². The number of carbonyl (C=O) groups excluding carboxylic acids is 1. The molecule has 2 N–H and O–H groups in total. The smallest absolute Gasteiger partial charge is 0.240 e. The highest BCUT2D eigenvalue weighted by molar-refractivity contribution is 5.85. The Hall–Kier alpha value is -1.85. The van der Waals surface area contributed by atoms with Crippen LogP contribution in [-0.4, -0.2) is 35.8 Å². The first kappa shape index (κ1) is 13.6. The van der Waals surface area contributed by atoms with E-state index in [1.54, 1.807) is 7.11 Å². The quantitative estimate of drug-likeness (QED) is 0.760. The minimum Gasteiger partial charge on any atom is -0.392 e. The first-order valence-corrected chi connectivity index (χ1v) is 6.19. The predicted octanol–water partition coefficient (Wildman–Crippen LogP) is 0.896. The Morgan fingerprint density at radius 1 is 1.42 bits per heavy atom. The molecule has 5 heteroatoms. The number of rotatable bonds is 6. The van der Waals surface area contributed by atoms with Crippen LogP contribution in [0.15, 0.2) is 30.5 Å². The number of aliphatic hydroxyl groups excluding tert-OH is 1. The van der Waals surface area contributed by atoms with Gasteiger partial charge in [-0.2, -0.15) is 0 Å². The van der Waals surface area contributed by atoms with E-state index in [4.69, 9.17) is 4.74 Å². The molecule has 1 aromatic heterocycles. The Bertz CT molecular complexity index is 563. The van der Waals surface area contributed by atoms with Crippen molar-refractivity contribution in [1.82, 2.24) is 9.88 Å². The van der Waals surface area contributed by atoms with Gasteiger partial charge >= 0.3 is 0 Å². The Balaban J connectivity index is 2.14. The average Bonchev–Trinajstić information content (AvgIpc) is 2.82. The number of fused-ring (bicyclic) bond motifs is 1. The lowest BCUT2D eigenvalue weighted by Gasteiger charge is -2.09. The van der Waals surface area contributed by atoms with Gasteiger partial charge in [-0.15, -0.1) is 0 Å². The fourth-order valence-electron chi connectivity index (χ4n) is 2.10. The molecule has 0 aliphatic rings. The number of aromatic nitrogens is 1. The van der Waals surface area contributed by atoms with Gasteiger partial charge in [0.15, 0.2) is 0 Å². The number of benzene rings is 1. The van der Waals surface area contributed by atoms with Crippen LogP contribution in [0.4, 0.5) is 0 Å². The summed E-state index contributed by atoms with van der Waals surface area (Å²) in [5.74, 6) is -0.0673. The summed E-state index contributed by atoms with van der Waals surface area (Å²) in [6, 6.07) is 7.67. The maximum Gasteiger partial charge on any atom is 0.240 e. The second-order valence-electron chi connectivity index (χ2n) is 4.30. The Labute approximate surface area is 111 Å². The molecule has 5 nitrogen and oxygen atoms in total. The summed E-state index contributed by atoms with van der Waals surface area (Å²) >= 11 is 0. The van der Waals surface area contributed by atoms with Gasteiger partial charge in [0, 0.05) is 25.4 Å². The van der Waals surface area contributed by atoms with E-state index in [-0.39, 0.29) is 19.1 Å². The van der Waals surface area contributed by atoms with Gasteiger partial charge in [-0.05, 0) is 11.5 Å². The summed E-state index contributed by atoms with van der Waals surface area (Å²) in [6.07, 6.45) is 1.86. The van der Waals surface area contributed by atoms with Gasteiger partial charge in [-0.1, -0.05) is 18.2 Å². The maximum atomic E-state index is 11.8. The van der Waals surface area contributed by atoms with Crippen LogP contribution in [0.25, 0.3) is 10.9 Å². The molecule has 2 aromatic rings. The third kappa shape index (κ3) is 3.13. The van der Waals surface area contributed by atoms with Crippen LogP contribution in [-0.2, 0) is 22.7 Å². The average molecular weight is 262 g/mol. The summed E-state index contributed by atoms with van der Waals surface area (Å²) in [5, 5.41) is 13.2. The number of amides is 1. The van der Waals surface area contributed by atoms with Crippen molar-refractivity contribution < 1.29 is 14.6 Å². The van der Waals surface area contributed by atoms with Gasteiger partial charge in [-0.3, -0.25) is 4.79 Å². The minimum absolute atomic E-state index is 0.0351. The molecule has 0 atom stereocenters. The second kappa shape index (κ2) is 6.36.